The average molecular weight is 507 g/mol. The van der Waals surface area contributed by atoms with Crippen LogP contribution < -0.4 is 10.9 Å². The van der Waals surface area contributed by atoms with Gasteiger partial charge in [0.2, 0.25) is 0 Å². The van der Waals surface area contributed by atoms with Gasteiger partial charge in [-0.3, -0.25) is 9.59 Å². The minimum absolute atomic E-state index is 0.0124. The molecule has 0 radical (unpaired) electrons. The fourth-order valence-corrected chi connectivity index (χ4v) is 4.54. The fraction of sp³-hybridized carbons (Fsp3) is 0.400. The van der Waals surface area contributed by atoms with Crippen molar-refractivity contribution < 1.29 is 27.1 Å². The number of aromatic amines is 1. The molecule has 0 saturated carbocycles. The highest BCUT2D eigenvalue weighted by Crippen LogP contribution is 2.37. The van der Waals surface area contributed by atoms with Crippen LogP contribution in [0.15, 0.2) is 35.1 Å². The van der Waals surface area contributed by atoms with Gasteiger partial charge in [-0.25, -0.2) is 9.37 Å². The first-order chi connectivity index (χ1) is 16.8. The zero-order valence-electron chi connectivity index (χ0n) is 20.2. The summed E-state index contributed by atoms with van der Waals surface area (Å²) in [5.74, 6) is -1.08. The highest BCUT2D eigenvalue weighted by Gasteiger charge is 2.35. The van der Waals surface area contributed by atoms with Crippen LogP contribution in [0.1, 0.15) is 54.1 Å². The molecular weight excluding hydrogens is 480 g/mol. The average Bonchev–Trinajstić information content (AvgIpc) is 2.76. The van der Waals surface area contributed by atoms with E-state index in [0.29, 0.717) is 13.1 Å². The second-order valence-corrected chi connectivity index (χ2v) is 9.13. The van der Waals surface area contributed by atoms with E-state index in [9.17, 15) is 27.2 Å². The number of nitrogens with one attached hydrogen (secondary N) is 2. The van der Waals surface area contributed by atoms with Gasteiger partial charge in [-0.2, -0.15) is 13.2 Å². The second-order valence-electron chi connectivity index (χ2n) is 9.13. The molecule has 0 bridgehead atoms. The zero-order valence-corrected chi connectivity index (χ0v) is 20.2. The van der Waals surface area contributed by atoms with Crippen LogP contribution in [0, 0.1) is 12.7 Å². The Balaban J connectivity index is 1.63. The molecule has 1 aliphatic rings. The predicted molar refractivity (Wildman–Crippen MR) is 126 cm³/mol. The highest BCUT2D eigenvalue weighted by atomic mass is 19.4. The van der Waals surface area contributed by atoms with Gasteiger partial charge in [0.15, 0.2) is 0 Å². The van der Waals surface area contributed by atoms with Gasteiger partial charge in [-0.1, -0.05) is 0 Å². The predicted octanol–water partition coefficient (Wildman–Crippen LogP) is 4.81. The number of rotatable bonds is 4. The van der Waals surface area contributed by atoms with E-state index in [1.165, 1.54) is 30.9 Å². The summed E-state index contributed by atoms with van der Waals surface area (Å²) in [5, 5.41) is 2.86. The van der Waals surface area contributed by atoms with E-state index in [2.05, 4.69) is 15.3 Å². The van der Waals surface area contributed by atoms with Crippen molar-refractivity contribution in [1.82, 2.24) is 14.9 Å². The second kappa shape index (κ2) is 9.53. The minimum Gasteiger partial charge on any atom is -0.378 e. The first kappa shape index (κ1) is 25.6. The number of aryl methyl sites for hydroxylation is 1. The molecule has 0 spiro atoms. The highest BCUT2D eigenvalue weighted by molar-refractivity contribution is 5.95. The number of amides is 1. The molecule has 1 unspecified atom stereocenters. The summed E-state index contributed by atoms with van der Waals surface area (Å²) < 4.78 is 62.1. The van der Waals surface area contributed by atoms with Gasteiger partial charge >= 0.3 is 6.18 Å². The maximum absolute atomic E-state index is 14.9. The van der Waals surface area contributed by atoms with Gasteiger partial charge in [0, 0.05) is 24.8 Å². The number of aromatic nitrogens is 2. The van der Waals surface area contributed by atoms with Gasteiger partial charge in [0.1, 0.15) is 11.6 Å². The van der Waals surface area contributed by atoms with Crippen molar-refractivity contribution in [1.29, 1.82) is 0 Å². The van der Waals surface area contributed by atoms with E-state index >= 15 is 0 Å². The van der Waals surface area contributed by atoms with Gasteiger partial charge in [-0.15, -0.1) is 0 Å². The lowest BCUT2D eigenvalue weighted by molar-refractivity contribution is -0.138. The number of hydrogen-bond acceptors (Lipinski definition) is 5. The van der Waals surface area contributed by atoms with Crippen molar-refractivity contribution in [3.63, 3.8) is 0 Å². The molecule has 0 aliphatic carbocycles. The quantitative estimate of drug-likeness (QED) is 0.496. The van der Waals surface area contributed by atoms with Crippen LogP contribution in [0.4, 0.5) is 23.2 Å². The summed E-state index contributed by atoms with van der Waals surface area (Å²) >= 11 is 0. The minimum atomic E-state index is -4.70. The van der Waals surface area contributed by atoms with Crippen molar-refractivity contribution in [3.05, 3.63) is 69.0 Å². The molecule has 3 aromatic rings. The molecular formula is C25H26F4N4O3. The van der Waals surface area contributed by atoms with Crippen molar-refractivity contribution >= 4 is 22.5 Å². The van der Waals surface area contributed by atoms with Gasteiger partial charge in [0.05, 0.1) is 34.2 Å². The molecule has 1 saturated heterocycles. The molecule has 2 N–H and O–H groups in total. The number of benzene rings is 2. The van der Waals surface area contributed by atoms with Crippen LogP contribution in [-0.2, 0) is 10.9 Å². The normalized spacial score (nSPS) is 19.4. The number of halogens is 4. The summed E-state index contributed by atoms with van der Waals surface area (Å²) in [6, 6.07) is 4.86. The SMILES string of the molecule is Cc1nc2cc(C(F)(F)F)c(C(C)Nc3ccc(C(=O)N4C[C@@H](C)O[C@@H](C)C4)c(F)c3)cc2c(=O)[nH]1. The van der Waals surface area contributed by atoms with Crippen LogP contribution >= 0.6 is 0 Å². The first-order valence-corrected chi connectivity index (χ1v) is 11.5. The molecule has 192 valence electrons. The number of fused-ring (bicyclic) bond motifs is 1. The van der Waals surface area contributed by atoms with Crippen LogP contribution in [0.5, 0.6) is 0 Å². The zero-order chi connectivity index (χ0) is 26.4. The Hall–Kier alpha value is -3.47. The van der Waals surface area contributed by atoms with Crippen molar-refractivity contribution in [2.24, 2.45) is 0 Å². The molecule has 7 nitrogen and oxygen atoms in total. The Bertz CT molecular complexity index is 1360. The number of morpholine rings is 1. The van der Waals surface area contributed by atoms with Crippen LogP contribution in [0.2, 0.25) is 0 Å². The Labute approximate surface area is 204 Å². The molecule has 1 aliphatic heterocycles. The topological polar surface area (TPSA) is 87.3 Å². The summed E-state index contributed by atoms with van der Waals surface area (Å²) in [6.45, 7) is 7.27. The molecule has 2 heterocycles. The fourth-order valence-electron chi connectivity index (χ4n) is 4.54. The molecule has 1 amide bonds. The van der Waals surface area contributed by atoms with Gasteiger partial charge in [0.25, 0.3) is 11.5 Å². The maximum atomic E-state index is 14.9. The van der Waals surface area contributed by atoms with E-state index in [1.807, 2.05) is 13.8 Å². The van der Waals surface area contributed by atoms with Crippen LogP contribution in [-0.4, -0.2) is 46.1 Å². The van der Waals surface area contributed by atoms with Crippen molar-refractivity contribution in [2.75, 3.05) is 18.4 Å². The number of anilines is 1. The molecule has 4 rings (SSSR count). The van der Waals surface area contributed by atoms with E-state index in [1.54, 1.807) is 0 Å². The Morgan fingerprint density at radius 3 is 2.47 bits per heavy atom. The third kappa shape index (κ3) is 5.20. The molecule has 1 aromatic heterocycles. The summed E-state index contributed by atoms with van der Waals surface area (Å²) in [7, 11) is 0. The Morgan fingerprint density at radius 1 is 1.19 bits per heavy atom. The van der Waals surface area contributed by atoms with E-state index in [-0.39, 0.29) is 45.7 Å². The van der Waals surface area contributed by atoms with Crippen molar-refractivity contribution in [3.8, 4) is 0 Å². The molecule has 11 heteroatoms. The maximum Gasteiger partial charge on any atom is 0.416 e. The monoisotopic (exact) mass is 506 g/mol. The number of ether oxygens (including phenoxy) is 1. The van der Waals surface area contributed by atoms with Gasteiger partial charge in [-0.05, 0) is 63.6 Å². The standard InChI is InChI=1S/C25H26F4N4O3/c1-12-10-33(11-13(2)36-12)24(35)17-6-5-16(7-21(17)26)30-14(3)18-8-19-22(9-20(18)25(27,28)29)31-15(4)32-23(19)34/h5-9,12-14,30H,10-11H2,1-4H3,(H,31,32,34)/t12-,13+,14?. The molecule has 2 aromatic carbocycles. The lowest BCUT2D eigenvalue weighted by Crippen LogP contribution is -2.48. The van der Waals surface area contributed by atoms with Crippen LogP contribution in [0.25, 0.3) is 10.9 Å². The Kier molecular flexibility index (Phi) is 6.78. The molecule has 3 atom stereocenters. The Morgan fingerprint density at radius 2 is 1.86 bits per heavy atom. The van der Waals surface area contributed by atoms with Crippen molar-refractivity contribution in [2.45, 2.75) is 52.1 Å². The first-order valence-electron chi connectivity index (χ1n) is 11.5. The summed E-state index contributed by atoms with van der Waals surface area (Å²) in [6.07, 6.45) is -5.07. The van der Waals surface area contributed by atoms with Crippen LogP contribution in [0.3, 0.4) is 0 Å². The third-order valence-corrected chi connectivity index (χ3v) is 6.06. The number of hydrogen-bond donors (Lipinski definition) is 2. The van der Waals surface area contributed by atoms with Gasteiger partial charge < -0.3 is 19.9 Å². The van der Waals surface area contributed by atoms with E-state index in [0.717, 1.165) is 18.2 Å². The smallest absolute Gasteiger partial charge is 0.378 e. The number of nitrogens with zero attached hydrogens (tertiary/aromatic N) is 2. The number of carbonyl (C=O) groups is 1. The summed E-state index contributed by atoms with van der Waals surface area (Å²) in [4.78, 5) is 33.2. The van der Waals surface area contributed by atoms with E-state index in [4.69, 9.17) is 4.74 Å². The number of H-pyrrole nitrogens is 1. The molecule has 1 fully saturated rings. The summed E-state index contributed by atoms with van der Waals surface area (Å²) in [5.41, 5.74) is -1.72. The largest absolute Gasteiger partial charge is 0.416 e. The number of alkyl halides is 3. The molecule has 36 heavy (non-hydrogen) atoms. The third-order valence-electron chi connectivity index (χ3n) is 6.06. The number of carbonyl (C=O) groups excluding carboxylic acids is 1. The lowest BCUT2D eigenvalue weighted by atomic mass is 9.98. The van der Waals surface area contributed by atoms with E-state index < -0.39 is 35.1 Å². The lowest BCUT2D eigenvalue weighted by Gasteiger charge is -2.35.